The third kappa shape index (κ3) is 3.70. The van der Waals surface area contributed by atoms with Gasteiger partial charge in [0, 0.05) is 25.5 Å². The van der Waals surface area contributed by atoms with Crippen molar-refractivity contribution in [3.05, 3.63) is 47.3 Å². The number of nitrogens with zero attached hydrogens (tertiary/aromatic N) is 2. The van der Waals surface area contributed by atoms with Crippen molar-refractivity contribution in [2.45, 2.75) is 26.8 Å². The summed E-state index contributed by atoms with van der Waals surface area (Å²) < 4.78 is 1.68. The van der Waals surface area contributed by atoms with Crippen molar-refractivity contribution in [1.82, 2.24) is 15.1 Å². The fraction of sp³-hybridized carbons (Fsp3) is 0.375. The maximum Gasteiger partial charge on any atom is 0.259 e. The van der Waals surface area contributed by atoms with Crippen molar-refractivity contribution in [1.29, 1.82) is 0 Å². The van der Waals surface area contributed by atoms with E-state index in [4.69, 9.17) is 0 Å². The Labute approximate surface area is 125 Å². The van der Waals surface area contributed by atoms with E-state index in [0.29, 0.717) is 5.56 Å². The van der Waals surface area contributed by atoms with Crippen molar-refractivity contribution in [2.75, 3.05) is 11.9 Å². The van der Waals surface area contributed by atoms with Gasteiger partial charge in [0.15, 0.2) is 0 Å². The van der Waals surface area contributed by atoms with E-state index in [1.165, 1.54) is 0 Å². The van der Waals surface area contributed by atoms with Gasteiger partial charge in [0.2, 0.25) is 0 Å². The van der Waals surface area contributed by atoms with Gasteiger partial charge in [-0.05, 0) is 24.6 Å². The predicted molar refractivity (Wildman–Crippen MR) is 84.4 cm³/mol. The number of hydrogen-bond acceptors (Lipinski definition) is 3. The molecule has 2 aromatic rings. The lowest BCUT2D eigenvalue weighted by Gasteiger charge is -2.11. The number of aromatic nitrogens is 2. The number of benzene rings is 1. The summed E-state index contributed by atoms with van der Waals surface area (Å²) in [7, 11) is 1.83. The molecule has 1 aromatic heterocycles. The molecule has 0 fully saturated rings. The molecule has 0 aliphatic rings. The lowest BCUT2D eigenvalue weighted by Crippen LogP contribution is -2.17. The van der Waals surface area contributed by atoms with Crippen LogP contribution in [-0.2, 0) is 20.0 Å². The molecule has 5 heteroatoms. The molecule has 0 saturated heterocycles. The van der Waals surface area contributed by atoms with Gasteiger partial charge in [-0.2, -0.15) is 5.10 Å². The molecule has 0 saturated carbocycles. The summed E-state index contributed by atoms with van der Waals surface area (Å²) in [5, 5.41) is 10.6. The van der Waals surface area contributed by atoms with Crippen LogP contribution in [0.3, 0.4) is 0 Å². The highest BCUT2D eigenvalue weighted by Crippen LogP contribution is 2.17. The summed E-state index contributed by atoms with van der Waals surface area (Å²) in [6, 6.07) is 7.84. The quantitative estimate of drug-likeness (QED) is 0.857. The Kier molecular flexibility index (Phi) is 5.11. The van der Waals surface area contributed by atoms with Gasteiger partial charge in [-0.1, -0.05) is 32.0 Å². The Balaban J connectivity index is 2.19. The zero-order chi connectivity index (χ0) is 15.2. The van der Waals surface area contributed by atoms with Gasteiger partial charge in [0.05, 0.1) is 11.3 Å². The van der Waals surface area contributed by atoms with Crippen molar-refractivity contribution in [3.8, 4) is 0 Å². The topological polar surface area (TPSA) is 58.9 Å². The van der Waals surface area contributed by atoms with E-state index < -0.39 is 0 Å². The molecule has 2 rings (SSSR count). The number of amides is 1. The Morgan fingerprint density at radius 1 is 1.29 bits per heavy atom. The van der Waals surface area contributed by atoms with Crippen LogP contribution in [0.1, 0.15) is 35.5 Å². The minimum Gasteiger partial charge on any atom is -0.322 e. The second-order valence-electron chi connectivity index (χ2n) is 4.91. The van der Waals surface area contributed by atoms with Crippen molar-refractivity contribution >= 4 is 11.6 Å². The minimum absolute atomic E-state index is 0.108. The van der Waals surface area contributed by atoms with Gasteiger partial charge in [0.25, 0.3) is 5.91 Å². The van der Waals surface area contributed by atoms with Crippen LogP contribution in [0.5, 0.6) is 0 Å². The first-order valence-electron chi connectivity index (χ1n) is 7.28. The molecule has 1 heterocycles. The highest BCUT2D eigenvalue weighted by atomic mass is 16.1. The maximum absolute atomic E-state index is 12.4. The van der Waals surface area contributed by atoms with Gasteiger partial charge < -0.3 is 10.6 Å². The van der Waals surface area contributed by atoms with Gasteiger partial charge in [0.1, 0.15) is 0 Å². The minimum atomic E-state index is -0.108. The van der Waals surface area contributed by atoms with Crippen molar-refractivity contribution in [2.24, 2.45) is 7.05 Å². The number of nitrogens with one attached hydrogen (secondary N) is 2. The highest BCUT2D eigenvalue weighted by Gasteiger charge is 2.15. The molecular weight excluding hydrogens is 264 g/mol. The number of aryl methyl sites for hydroxylation is 2. The SMILES string of the molecule is CCNCc1ccccc1NC(=O)c1cn(C)nc1CC. The highest BCUT2D eigenvalue weighted by molar-refractivity contribution is 6.05. The Hall–Kier alpha value is -2.14. The first-order valence-corrected chi connectivity index (χ1v) is 7.28. The monoisotopic (exact) mass is 286 g/mol. The molecule has 21 heavy (non-hydrogen) atoms. The first kappa shape index (κ1) is 15.3. The number of para-hydroxylation sites is 1. The number of rotatable bonds is 6. The summed E-state index contributed by atoms with van der Waals surface area (Å²) in [5.41, 5.74) is 3.38. The van der Waals surface area contributed by atoms with Crippen LogP contribution < -0.4 is 10.6 Å². The van der Waals surface area contributed by atoms with Gasteiger partial charge in [-0.15, -0.1) is 0 Å². The zero-order valence-electron chi connectivity index (χ0n) is 12.8. The molecule has 0 bridgehead atoms. The van der Waals surface area contributed by atoms with Gasteiger partial charge in [-0.25, -0.2) is 0 Å². The van der Waals surface area contributed by atoms with Crippen LogP contribution in [-0.4, -0.2) is 22.2 Å². The van der Waals surface area contributed by atoms with E-state index in [2.05, 4.69) is 22.7 Å². The smallest absolute Gasteiger partial charge is 0.259 e. The van der Waals surface area contributed by atoms with Crippen LogP contribution in [0, 0.1) is 0 Å². The lowest BCUT2D eigenvalue weighted by atomic mass is 10.1. The fourth-order valence-electron chi connectivity index (χ4n) is 2.23. The molecule has 0 spiro atoms. The summed E-state index contributed by atoms with van der Waals surface area (Å²) >= 11 is 0. The number of anilines is 1. The molecule has 0 atom stereocenters. The van der Waals surface area contributed by atoms with Crippen LogP contribution in [0.2, 0.25) is 0 Å². The molecule has 0 aliphatic heterocycles. The maximum atomic E-state index is 12.4. The van der Waals surface area contributed by atoms with Crippen LogP contribution in [0.4, 0.5) is 5.69 Å². The van der Waals surface area contributed by atoms with E-state index in [1.54, 1.807) is 10.9 Å². The van der Waals surface area contributed by atoms with E-state index in [0.717, 1.165) is 36.5 Å². The molecule has 0 unspecified atom stereocenters. The molecular formula is C16H22N4O. The van der Waals surface area contributed by atoms with Gasteiger partial charge in [-0.3, -0.25) is 9.48 Å². The summed E-state index contributed by atoms with van der Waals surface area (Å²) in [5.74, 6) is -0.108. The standard InChI is InChI=1S/C16H22N4O/c1-4-14-13(11-20(3)19-14)16(21)18-15-9-7-6-8-12(15)10-17-5-2/h6-9,11,17H,4-5,10H2,1-3H3,(H,18,21). The molecule has 2 N–H and O–H groups in total. The Morgan fingerprint density at radius 3 is 2.76 bits per heavy atom. The average molecular weight is 286 g/mol. The second kappa shape index (κ2) is 7.04. The number of carbonyl (C=O) groups excluding carboxylic acids is 1. The summed E-state index contributed by atoms with van der Waals surface area (Å²) in [4.78, 5) is 12.4. The molecule has 1 aromatic carbocycles. The predicted octanol–water partition coefficient (Wildman–Crippen LogP) is 2.34. The third-order valence-corrected chi connectivity index (χ3v) is 3.32. The summed E-state index contributed by atoms with van der Waals surface area (Å²) in [6.45, 7) is 5.69. The summed E-state index contributed by atoms with van der Waals surface area (Å²) in [6.07, 6.45) is 2.50. The second-order valence-corrected chi connectivity index (χ2v) is 4.91. The normalized spacial score (nSPS) is 10.6. The molecule has 0 aliphatic carbocycles. The molecule has 112 valence electrons. The first-order chi connectivity index (χ1) is 10.2. The van der Waals surface area contributed by atoms with E-state index >= 15 is 0 Å². The van der Waals surface area contributed by atoms with Crippen LogP contribution in [0.15, 0.2) is 30.5 Å². The molecule has 0 radical (unpaired) electrons. The van der Waals surface area contributed by atoms with Gasteiger partial charge >= 0.3 is 0 Å². The zero-order valence-corrected chi connectivity index (χ0v) is 12.8. The van der Waals surface area contributed by atoms with Crippen molar-refractivity contribution < 1.29 is 4.79 Å². The number of hydrogen-bond donors (Lipinski definition) is 2. The molecule has 5 nitrogen and oxygen atoms in total. The Bertz CT molecular complexity index is 618. The van der Waals surface area contributed by atoms with E-state index in [-0.39, 0.29) is 5.91 Å². The number of carbonyl (C=O) groups is 1. The van der Waals surface area contributed by atoms with Crippen LogP contribution in [0.25, 0.3) is 0 Å². The van der Waals surface area contributed by atoms with Crippen LogP contribution >= 0.6 is 0 Å². The molecule has 1 amide bonds. The third-order valence-electron chi connectivity index (χ3n) is 3.32. The largest absolute Gasteiger partial charge is 0.322 e. The Morgan fingerprint density at radius 2 is 2.05 bits per heavy atom. The fourth-order valence-corrected chi connectivity index (χ4v) is 2.23. The van der Waals surface area contributed by atoms with E-state index in [9.17, 15) is 4.79 Å². The average Bonchev–Trinajstić information content (AvgIpc) is 2.87. The lowest BCUT2D eigenvalue weighted by molar-refractivity contribution is 0.102. The van der Waals surface area contributed by atoms with Crippen molar-refractivity contribution in [3.63, 3.8) is 0 Å². The van der Waals surface area contributed by atoms with E-state index in [1.807, 2.05) is 38.2 Å².